The summed E-state index contributed by atoms with van der Waals surface area (Å²) in [6.45, 7) is 0.175. The topological polar surface area (TPSA) is 110 Å². The van der Waals surface area contributed by atoms with Crippen molar-refractivity contribution in [1.82, 2.24) is 25.1 Å². The van der Waals surface area contributed by atoms with Crippen LogP contribution in [0.2, 0.25) is 0 Å². The van der Waals surface area contributed by atoms with E-state index in [-0.39, 0.29) is 30.7 Å². The molecule has 0 bridgehead atoms. The van der Waals surface area contributed by atoms with Gasteiger partial charge in [-0.15, -0.1) is 5.10 Å². The van der Waals surface area contributed by atoms with E-state index >= 15 is 0 Å². The Hall–Kier alpha value is -4.40. The lowest BCUT2D eigenvalue weighted by Gasteiger charge is -2.27. The second kappa shape index (κ2) is 8.03. The molecule has 0 radical (unpaired) electrons. The molecular formula is C23H18N6O3. The zero-order valence-electron chi connectivity index (χ0n) is 16.9. The minimum Gasteiger partial charge on any atom is -0.326 e. The lowest BCUT2D eigenvalue weighted by molar-refractivity contribution is -0.116. The van der Waals surface area contributed by atoms with Crippen LogP contribution in [-0.2, 0) is 4.79 Å². The molecule has 32 heavy (non-hydrogen) atoms. The number of nitrogens with zero attached hydrogens (tertiary/aromatic N) is 5. The van der Waals surface area contributed by atoms with Gasteiger partial charge in [-0.1, -0.05) is 24.3 Å². The molecule has 0 aliphatic carbocycles. The third-order valence-electron chi connectivity index (χ3n) is 5.41. The van der Waals surface area contributed by atoms with Crippen molar-refractivity contribution in [2.24, 2.45) is 0 Å². The first kappa shape index (κ1) is 19.6. The molecular weight excluding hydrogens is 408 g/mol. The van der Waals surface area contributed by atoms with E-state index < -0.39 is 0 Å². The fraction of sp³-hybridized carbons (Fsp3) is 0.130. The molecule has 0 unspecified atom stereocenters. The minimum atomic E-state index is -0.321. The molecule has 0 saturated heterocycles. The van der Waals surface area contributed by atoms with Crippen molar-refractivity contribution >= 4 is 34.2 Å². The molecule has 0 atom stereocenters. The molecule has 1 aliphatic rings. The summed E-state index contributed by atoms with van der Waals surface area (Å²) in [5.74, 6) is -0.838. The molecule has 1 aliphatic heterocycles. The molecule has 3 amide bonds. The van der Waals surface area contributed by atoms with Crippen LogP contribution in [0.15, 0.2) is 67.0 Å². The third kappa shape index (κ3) is 3.49. The van der Waals surface area contributed by atoms with E-state index in [4.69, 9.17) is 0 Å². The highest BCUT2D eigenvalue weighted by Gasteiger charge is 2.32. The number of aromatic nitrogens is 4. The molecule has 4 aromatic rings. The summed E-state index contributed by atoms with van der Waals surface area (Å²) >= 11 is 0. The number of hydrogen-bond acceptors (Lipinski definition) is 6. The lowest BCUT2D eigenvalue weighted by atomic mass is 9.94. The standard InChI is InChI=1S/C23H18N6O3/c30-20(25-16-9-11-17(12-10-16)29-14-24-26-27-29)8-3-13-28-22(31)18-6-1-4-15-5-2-7-19(21(15)18)23(28)32/h1-2,4-7,9-12,14H,3,8,13H2,(H,25,30). The third-order valence-corrected chi connectivity index (χ3v) is 5.41. The molecule has 0 fully saturated rings. The van der Waals surface area contributed by atoms with Crippen molar-refractivity contribution < 1.29 is 14.4 Å². The van der Waals surface area contributed by atoms with Gasteiger partial charge in [0, 0.05) is 35.2 Å². The molecule has 0 spiro atoms. The first-order chi connectivity index (χ1) is 15.6. The summed E-state index contributed by atoms with van der Waals surface area (Å²) in [4.78, 5) is 39.4. The number of carbonyl (C=O) groups is 3. The maximum atomic E-state index is 12.9. The number of hydrogen-bond donors (Lipinski definition) is 1. The monoisotopic (exact) mass is 426 g/mol. The van der Waals surface area contributed by atoms with Crippen LogP contribution in [0.3, 0.4) is 0 Å². The molecule has 1 aromatic heterocycles. The van der Waals surface area contributed by atoms with Crippen molar-refractivity contribution in [2.45, 2.75) is 12.8 Å². The van der Waals surface area contributed by atoms with Gasteiger partial charge >= 0.3 is 0 Å². The van der Waals surface area contributed by atoms with Gasteiger partial charge in [0.05, 0.1) is 5.69 Å². The van der Waals surface area contributed by atoms with Crippen molar-refractivity contribution in [2.75, 3.05) is 11.9 Å². The SMILES string of the molecule is O=C(CCCN1C(=O)c2cccc3cccc(c23)C1=O)Nc1ccc(-n2cnnn2)cc1. The molecule has 158 valence electrons. The van der Waals surface area contributed by atoms with Gasteiger partial charge in [-0.05, 0) is 58.6 Å². The molecule has 1 N–H and O–H groups in total. The second-order valence-corrected chi connectivity index (χ2v) is 7.42. The van der Waals surface area contributed by atoms with E-state index in [1.165, 1.54) is 15.9 Å². The van der Waals surface area contributed by atoms with Gasteiger partial charge < -0.3 is 5.32 Å². The van der Waals surface area contributed by atoms with Crippen LogP contribution in [0, 0.1) is 0 Å². The summed E-state index contributed by atoms with van der Waals surface area (Å²) in [6, 6.07) is 17.9. The Balaban J connectivity index is 1.21. The number of benzene rings is 3. The first-order valence-electron chi connectivity index (χ1n) is 10.1. The van der Waals surface area contributed by atoms with E-state index in [0.29, 0.717) is 28.6 Å². The second-order valence-electron chi connectivity index (χ2n) is 7.42. The number of amides is 3. The normalized spacial score (nSPS) is 12.9. The number of tetrazole rings is 1. The Bertz CT molecular complexity index is 1280. The summed E-state index contributed by atoms with van der Waals surface area (Å²) in [5.41, 5.74) is 2.44. The number of rotatable bonds is 6. The molecule has 9 heteroatoms. The van der Waals surface area contributed by atoms with Crippen molar-refractivity contribution in [3.8, 4) is 5.69 Å². The van der Waals surface area contributed by atoms with Gasteiger partial charge in [-0.25, -0.2) is 4.68 Å². The van der Waals surface area contributed by atoms with Crippen LogP contribution < -0.4 is 5.32 Å². The predicted molar refractivity (Wildman–Crippen MR) is 116 cm³/mol. The largest absolute Gasteiger partial charge is 0.326 e. The summed E-state index contributed by atoms with van der Waals surface area (Å²) in [6.07, 6.45) is 2.03. The van der Waals surface area contributed by atoms with Crippen LogP contribution in [0.4, 0.5) is 5.69 Å². The lowest BCUT2D eigenvalue weighted by Crippen LogP contribution is -2.41. The van der Waals surface area contributed by atoms with Crippen LogP contribution in [-0.4, -0.2) is 49.4 Å². The van der Waals surface area contributed by atoms with Gasteiger partial charge in [0.25, 0.3) is 11.8 Å². The molecule has 9 nitrogen and oxygen atoms in total. The predicted octanol–water partition coefficient (Wildman–Crippen LogP) is 2.83. The van der Waals surface area contributed by atoms with Crippen LogP contribution in [0.5, 0.6) is 0 Å². The molecule has 2 heterocycles. The van der Waals surface area contributed by atoms with Crippen LogP contribution in [0.1, 0.15) is 33.6 Å². The van der Waals surface area contributed by atoms with Gasteiger partial charge in [0.1, 0.15) is 6.33 Å². The quantitative estimate of drug-likeness (QED) is 0.475. The van der Waals surface area contributed by atoms with Crippen molar-refractivity contribution in [3.05, 3.63) is 78.1 Å². The van der Waals surface area contributed by atoms with Gasteiger partial charge in [-0.2, -0.15) is 0 Å². The minimum absolute atomic E-state index is 0.175. The number of nitrogens with one attached hydrogen (secondary N) is 1. The maximum absolute atomic E-state index is 12.9. The van der Waals surface area contributed by atoms with Crippen LogP contribution >= 0.6 is 0 Å². The van der Waals surface area contributed by atoms with Crippen molar-refractivity contribution in [3.63, 3.8) is 0 Å². The molecule has 0 saturated carbocycles. The highest BCUT2D eigenvalue weighted by Crippen LogP contribution is 2.30. The van der Waals surface area contributed by atoms with E-state index in [9.17, 15) is 14.4 Å². The maximum Gasteiger partial charge on any atom is 0.261 e. The Morgan fingerprint density at radius 2 is 1.59 bits per heavy atom. The van der Waals surface area contributed by atoms with Crippen molar-refractivity contribution in [1.29, 1.82) is 0 Å². The molecule has 5 rings (SSSR count). The summed E-state index contributed by atoms with van der Waals surface area (Å²) < 4.78 is 1.51. The Morgan fingerprint density at radius 1 is 0.906 bits per heavy atom. The zero-order valence-corrected chi connectivity index (χ0v) is 16.9. The van der Waals surface area contributed by atoms with Gasteiger partial charge in [-0.3, -0.25) is 19.3 Å². The summed E-state index contributed by atoms with van der Waals surface area (Å²) in [7, 11) is 0. The highest BCUT2D eigenvalue weighted by atomic mass is 16.2. The number of carbonyl (C=O) groups excluding carboxylic acids is 3. The van der Waals surface area contributed by atoms with Gasteiger partial charge in [0.2, 0.25) is 5.91 Å². The van der Waals surface area contributed by atoms with E-state index in [1.54, 1.807) is 36.4 Å². The van der Waals surface area contributed by atoms with E-state index in [2.05, 4.69) is 20.8 Å². The Morgan fingerprint density at radius 3 is 2.22 bits per heavy atom. The Kier molecular flexibility index (Phi) is 4.91. The van der Waals surface area contributed by atoms with Gasteiger partial charge in [0.15, 0.2) is 0 Å². The summed E-state index contributed by atoms with van der Waals surface area (Å²) in [5, 5.41) is 15.4. The average Bonchev–Trinajstić information content (AvgIpc) is 3.35. The number of imide groups is 1. The zero-order chi connectivity index (χ0) is 22.1. The fourth-order valence-corrected chi connectivity index (χ4v) is 3.88. The van der Waals surface area contributed by atoms with E-state index in [1.807, 2.05) is 24.3 Å². The smallest absolute Gasteiger partial charge is 0.261 e. The fourth-order valence-electron chi connectivity index (χ4n) is 3.88. The van der Waals surface area contributed by atoms with Crippen LogP contribution in [0.25, 0.3) is 16.5 Å². The number of anilines is 1. The Labute approximate surface area is 182 Å². The first-order valence-corrected chi connectivity index (χ1v) is 10.1. The average molecular weight is 426 g/mol. The van der Waals surface area contributed by atoms with E-state index in [0.717, 1.165) is 11.1 Å². The highest BCUT2D eigenvalue weighted by molar-refractivity contribution is 6.25. The molecule has 3 aromatic carbocycles.